The molecule has 0 bridgehead atoms. The van der Waals surface area contributed by atoms with Crippen molar-refractivity contribution in [2.24, 2.45) is 5.92 Å². The van der Waals surface area contributed by atoms with E-state index in [4.69, 9.17) is 10.1 Å². The van der Waals surface area contributed by atoms with E-state index in [-0.39, 0.29) is 5.56 Å². The van der Waals surface area contributed by atoms with Gasteiger partial charge in [-0.3, -0.25) is 4.79 Å². The average Bonchev–Trinajstić information content (AvgIpc) is 3.27. The first-order valence-electron chi connectivity index (χ1n) is 9.93. The van der Waals surface area contributed by atoms with E-state index in [0.29, 0.717) is 12.5 Å². The van der Waals surface area contributed by atoms with Crippen LogP contribution in [0, 0.1) is 18.3 Å². The van der Waals surface area contributed by atoms with Gasteiger partial charge in [-0.15, -0.1) is 0 Å². The molecule has 3 aromatic rings. The maximum atomic E-state index is 12.5. The van der Waals surface area contributed by atoms with Gasteiger partial charge in [-0.2, -0.15) is 21.1 Å². The van der Waals surface area contributed by atoms with Gasteiger partial charge in [-0.05, 0) is 61.2 Å². The number of rotatable bonds is 9. The van der Waals surface area contributed by atoms with Crippen LogP contribution < -0.4 is 10.3 Å². The van der Waals surface area contributed by atoms with Gasteiger partial charge in [0.2, 0.25) is 0 Å². The molecule has 6 heteroatoms. The molecule has 152 valence electrons. The van der Waals surface area contributed by atoms with Crippen LogP contribution in [0.3, 0.4) is 0 Å². The van der Waals surface area contributed by atoms with Crippen molar-refractivity contribution >= 4 is 17.0 Å². The van der Waals surface area contributed by atoms with E-state index < -0.39 is 0 Å². The predicted molar refractivity (Wildman–Crippen MR) is 120 cm³/mol. The smallest absolute Gasteiger partial charge is 0.272 e. The second-order valence-corrected chi connectivity index (χ2v) is 7.97. The van der Waals surface area contributed by atoms with Crippen LogP contribution in [0.1, 0.15) is 38.8 Å². The fourth-order valence-electron chi connectivity index (χ4n) is 3.07. The topological polar surface area (TPSA) is 68.0 Å². The van der Waals surface area contributed by atoms with Crippen molar-refractivity contribution in [3.8, 4) is 22.6 Å². The van der Waals surface area contributed by atoms with Crippen molar-refractivity contribution in [1.29, 1.82) is 5.41 Å². The maximum Gasteiger partial charge on any atom is 0.272 e. The van der Waals surface area contributed by atoms with E-state index in [1.54, 1.807) is 6.07 Å². The number of aryl methyl sites for hydroxylation is 1. The monoisotopic (exact) mass is 409 g/mol. The van der Waals surface area contributed by atoms with Crippen LogP contribution >= 0.6 is 11.3 Å². The molecule has 1 aromatic carbocycles. The highest BCUT2D eigenvalue weighted by Gasteiger charge is 2.10. The molecule has 0 spiro atoms. The minimum Gasteiger partial charge on any atom is -0.494 e. The summed E-state index contributed by atoms with van der Waals surface area (Å²) >= 11 is 1.54. The van der Waals surface area contributed by atoms with E-state index in [9.17, 15) is 4.79 Å². The molecule has 1 atom stereocenters. The predicted octanol–water partition coefficient (Wildman–Crippen LogP) is 5.49. The van der Waals surface area contributed by atoms with Crippen LogP contribution in [0.15, 0.2) is 52.0 Å². The molecule has 1 N–H and O–H groups in total. The maximum absolute atomic E-state index is 12.5. The van der Waals surface area contributed by atoms with Gasteiger partial charge in [0.15, 0.2) is 0 Å². The van der Waals surface area contributed by atoms with Crippen molar-refractivity contribution in [1.82, 2.24) is 9.78 Å². The first-order valence-corrected chi connectivity index (χ1v) is 10.9. The Kier molecular flexibility index (Phi) is 6.99. The van der Waals surface area contributed by atoms with Crippen LogP contribution in [0.4, 0.5) is 0 Å². The molecular weight excluding hydrogens is 382 g/mol. The minimum absolute atomic E-state index is 0.145. The molecule has 0 unspecified atom stereocenters. The van der Waals surface area contributed by atoms with Crippen LogP contribution in [0.5, 0.6) is 5.75 Å². The van der Waals surface area contributed by atoms with E-state index >= 15 is 0 Å². The second-order valence-electron chi connectivity index (χ2n) is 7.19. The normalized spacial score (nSPS) is 12.0. The van der Waals surface area contributed by atoms with E-state index in [0.717, 1.165) is 53.2 Å². The van der Waals surface area contributed by atoms with Crippen molar-refractivity contribution in [2.75, 3.05) is 6.61 Å². The number of aromatic nitrogens is 2. The summed E-state index contributed by atoms with van der Waals surface area (Å²) in [5, 5.41) is 16.3. The molecule has 0 aliphatic heterocycles. The Morgan fingerprint density at radius 2 is 2.03 bits per heavy atom. The highest BCUT2D eigenvalue weighted by molar-refractivity contribution is 7.08. The van der Waals surface area contributed by atoms with E-state index in [1.165, 1.54) is 16.0 Å². The van der Waals surface area contributed by atoms with Gasteiger partial charge in [0.05, 0.1) is 18.0 Å². The van der Waals surface area contributed by atoms with E-state index in [2.05, 4.69) is 18.9 Å². The van der Waals surface area contributed by atoms with Crippen LogP contribution in [-0.2, 0) is 0 Å². The fourth-order valence-corrected chi connectivity index (χ4v) is 3.69. The summed E-state index contributed by atoms with van der Waals surface area (Å²) in [7, 11) is 0. The van der Waals surface area contributed by atoms with Crippen LogP contribution in [0.2, 0.25) is 0 Å². The summed E-state index contributed by atoms with van der Waals surface area (Å²) in [4.78, 5) is 12.5. The molecule has 0 saturated heterocycles. The highest BCUT2D eigenvalue weighted by Crippen LogP contribution is 2.24. The Labute approximate surface area is 175 Å². The molecule has 0 saturated carbocycles. The van der Waals surface area contributed by atoms with Gasteiger partial charge in [0.1, 0.15) is 5.75 Å². The number of nitrogens with one attached hydrogen (secondary N) is 1. The SMILES string of the molecule is CC[C@@H](C)C(=N)CCCOc1ccc(-c2cc(=O)n(-c3ccsc3)nc2C)cc1. The zero-order chi connectivity index (χ0) is 20.8. The Morgan fingerprint density at radius 3 is 2.69 bits per heavy atom. The number of thiophene rings is 1. The summed E-state index contributed by atoms with van der Waals surface area (Å²) < 4.78 is 7.24. The van der Waals surface area contributed by atoms with Gasteiger partial charge >= 0.3 is 0 Å². The molecule has 0 aliphatic rings. The summed E-state index contributed by atoms with van der Waals surface area (Å²) in [6.45, 7) is 6.71. The number of ether oxygens (including phenoxy) is 1. The lowest BCUT2D eigenvalue weighted by Crippen LogP contribution is -2.21. The first-order chi connectivity index (χ1) is 14.0. The minimum atomic E-state index is -0.145. The first kappa shape index (κ1) is 21.0. The standard InChI is InChI=1S/C23H27N3O2S/c1-4-16(2)22(24)6-5-12-28-20-9-7-18(8-10-20)21-14-23(27)26(25-17(21)3)19-11-13-29-15-19/h7-11,13-16,24H,4-6,12H2,1-3H3/t16-/m1/s1. The summed E-state index contributed by atoms with van der Waals surface area (Å²) in [5.41, 5.74) is 4.01. The third kappa shape index (κ3) is 5.21. The van der Waals surface area contributed by atoms with Gasteiger partial charge in [-0.1, -0.05) is 26.0 Å². The zero-order valence-corrected chi connectivity index (χ0v) is 18.0. The van der Waals surface area contributed by atoms with Gasteiger partial charge in [-0.25, -0.2) is 0 Å². The van der Waals surface area contributed by atoms with Crippen molar-refractivity contribution in [3.05, 3.63) is 63.2 Å². The van der Waals surface area contributed by atoms with E-state index in [1.807, 2.05) is 48.0 Å². The Bertz CT molecular complexity index is 1010. The summed E-state index contributed by atoms with van der Waals surface area (Å²) in [6.07, 6.45) is 2.63. The molecule has 0 radical (unpaired) electrons. The third-order valence-corrected chi connectivity index (χ3v) is 5.77. The van der Waals surface area contributed by atoms with Gasteiger partial charge < -0.3 is 10.1 Å². The number of benzene rings is 1. The summed E-state index contributed by atoms with van der Waals surface area (Å²) in [5.74, 6) is 1.14. The van der Waals surface area contributed by atoms with Crippen LogP contribution in [-0.4, -0.2) is 22.1 Å². The Hall–Kier alpha value is -2.73. The lowest BCUT2D eigenvalue weighted by Gasteiger charge is -2.12. The zero-order valence-electron chi connectivity index (χ0n) is 17.1. The highest BCUT2D eigenvalue weighted by atomic mass is 32.1. The molecule has 0 amide bonds. The summed E-state index contributed by atoms with van der Waals surface area (Å²) in [6, 6.07) is 11.3. The van der Waals surface area contributed by atoms with Crippen molar-refractivity contribution in [3.63, 3.8) is 0 Å². The van der Waals surface area contributed by atoms with Gasteiger partial charge in [0, 0.05) is 22.7 Å². The molecule has 0 aliphatic carbocycles. The van der Waals surface area contributed by atoms with Crippen molar-refractivity contribution < 1.29 is 4.74 Å². The fraction of sp³-hybridized carbons (Fsp3) is 0.348. The largest absolute Gasteiger partial charge is 0.494 e. The second kappa shape index (κ2) is 9.65. The Balaban J connectivity index is 1.64. The quantitative estimate of drug-likeness (QED) is 0.375. The van der Waals surface area contributed by atoms with Crippen molar-refractivity contribution in [2.45, 2.75) is 40.0 Å². The molecular formula is C23H27N3O2S. The lowest BCUT2D eigenvalue weighted by atomic mass is 9.99. The Morgan fingerprint density at radius 1 is 1.28 bits per heavy atom. The molecule has 0 fully saturated rings. The third-order valence-electron chi connectivity index (χ3n) is 5.10. The average molecular weight is 410 g/mol. The number of hydrogen-bond donors (Lipinski definition) is 1. The lowest BCUT2D eigenvalue weighted by molar-refractivity contribution is 0.313. The molecule has 2 aromatic heterocycles. The molecule has 29 heavy (non-hydrogen) atoms. The van der Waals surface area contributed by atoms with Crippen LogP contribution in [0.25, 0.3) is 16.8 Å². The molecule has 3 rings (SSSR count). The van der Waals surface area contributed by atoms with Gasteiger partial charge in [0.25, 0.3) is 5.56 Å². The molecule has 5 nitrogen and oxygen atoms in total. The molecule has 2 heterocycles. The number of nitrogens with zero attached hydrogens (tertiary/aromatic N) is 2. The number of hydrogen-bond acceptors (Lipinski definition) is 5.